The molecule has 0 aromatic heterocycles. The van der Waals surface area contributed by atoms with Gasteiger partial charge >= 0.3 is 5.97 Å². The molecule has 0 radical (unpaired) electrons. The van der Waals surface area contributed by atoms with E-state index < -0.39 is 0 Å². The zero-order chi connectivity index (χ0) is 8.97. The molecule has 1 saturated heterocycles. The molecular weight excluding hydrogens is 156 g/mol. The van der Waals surface area contributed by atoms with E-state index in [-0.39, 0.29) is 12.0 Å². The number of carbonyl (C=O) groups is 1. The number of hydrogen-bond donors (Lipinski definition) is 1. The van der Waals surface area contributed by atoms with Crippen LogP contribution in [0.4, 0.5) is 0 Å². The second-order valence-corrected chi connectivity index (χ2v) is 2.56. The highest BCUT2D eigenvalue weighted by atomic mass is 16.5. The molecule has 0 saturated carbocycles. The average Bonchev–Trinajstić information content (AvgIpc) is 2.52. The average molecular weight is 166 g/mol. The van der Waals surface area contributed by atoms with Crippen molar-refractivity contribution < 1.29 is 9.53 Å². The van der Waals surface area contributed by atoms with Gasteiger partial charge < -0.3 is 10.1 Å². The van der Waals surface area contributed by atoms with Crippen LogP contribution < -0.4 is 5.32 Å². The number of nitrogens with one attached hydrogen (secondary N) is 1. The van der Waals surface area contributed by atoms with E-state index in [2.05, 4.69) is 10.1 Å². The van der Waals surface area contributed by atoms with Gasteiger partial charge in [-0.2, -0.15) is 5.26 Å². The third kappa shape index (κ3) is 1.76. The number of ether oxygens (including phenoxy) is 1. The summed E-state index contributed by atoms with van der Waals surface area (Å²) in [5.74, 6) is -0.267. The van der Waals surface area contributed by atoms with Gasteiger partial charge in [0, 0.05) is 11.8 Å². The van der Waals surface area contributed by atoms with Gasteiger partial charge in [-0.05, 0) is 12.8 Å². The largest absolute Gasteiger partial charge is 0.467 e. The van der Waals surface area contributed by atoms with Crippen molar-refractivity contribution >= 4 is 5.97 Å². The third-order valence-corrected chi connectivity index (χ3v) is 1.79. The number of rotatable bonds is 1. The molecule has 0 aromatic rings. The van der Waals surface area contributed by atoms with Gasteiger partial charge in [0.2, 0.25) is 0 Å². The van der Waals surface area contributed by atoms with E-state index in [1.54, 1.807) is 0 Å². The summed E-state index contributed by atoms with van der Waals surface area (Å²) in [7, 11) is 1.36. The SMILES string of the molecule is COC(=O)C1CC/C(=C\C#N)N1. The van der Waals surface area contributed by atoms with Gasteiger partial charge in [0.1, 0.15) is 6.04 Å². The van der Waals surface area contributed by atoms with E-state index in [0.29, 0.717) is 6.42 Å². The molecule has 12 heavy (non-hydrogen) atoms. The van der Waals surface area contributed by atoms with Crippen LogP contribution >= 0.6 is 0 Å². The summed E-state index contributed by atoms with van der Waals surface area (Å²) >= 11 is 0. The molecule has 64 valence electrons. The quantitative estimate of drug-likeness (QED) is 0.450. The number of carbonyl (C=O) groups excluding carboxylic acids is 1. The van der Waals surface area contributed by atoms with Crippen molar-refractivity contribution in [2.45, 2.75) is 18.9 Å². The number of methoxy groups -OCH3 is 1. The predicted molar refractivity (Wildman–Crippen MR) is 41.9 cm³/mol. The van der Waals surface area contributed by atoms with E-state index in [0.717, 1.165) is 12.1 Å². The van der Waals surface area contributed by atoms with Gasteiger partial charge in [-0.25, -0.2) is 4.79 Å². The first-order valence-electron chi connectivity index (χ1n) is 3.71. The van der Waals surface area contributed by atoms with Crippen LogP contribution in [0.25, 0.3) is 0 Å². The van der Waals surface area contributed by atoms with Crippen LogP contribution in [0.5, 0.6) is 0 Å². The Morgan fingerprint density at radius 1 is 1.92 bits per heavy atom. The molecule has 0 spiro atoms. The van der Waals surface area contributed by atoms with Crippen LogP contribution in [-0.4, -0.2) is 19.1 Å². The Kier molecular flexibility index (Phi) is 2.70. The highest BCUT2D eigenvalue weighted by Crippen LogP contribution is 2.15. The lowest BCUT2D eigenvalue weighted by Crippen LogP contribution is -2.30. The smallest absolute Gasteiger partial charge is 0.328 e. The Bertz CT molecular complexity index is 252. The number of nitriles is 1. The number of allylic oxidation sites excluding steroid dienone is 2. The fourth-order valence-corrected chi connectivity index (χ4v) is 1.18. The van der Waals surface area contributed by atoms with Crippen LogP contribution in [-0.2, 0) is 9.53 Å². The highest BCUT2D eigenvalue weighted by Gasteiger charge is 2.25. The van der Waals surface area contributed by atoms with Gasteiger partial charge in [0.15, 0.2) is 0 Å². The Balaban J connectivity index is 2.52. The monoisotopic (exact) mass is 166 g/mol. The van der Waals surface area contributed by atoms with Crippen molar-refractivity contribution in [1.29, 1.82) is 5.26 Å². The molecule has 1 heterocycles. The first-order valence-corrected chi connectivity index (χ1v) is 3.71. The lowest BCUT2D eigenvalue weighted by Gasteiger charge is -2.06. The number of esters is 1. The lowest BCUT2D eigenvalue weighted by molar-refractivity contribution is -0.142. The first kappa shape index (κ1) is 8.60. The van der Waals surface area contributed by atoms with Crippen molar-refractivity contribution in [3.05, 3.63) is 11.8 Å². The third-order valence-electron chi connectivity index (χ3n) is 1.79. The molecule has 0 bridgehead atoms. The Hall–Kier alpha value is -1.50. The summed E-state index contributed by atoms with van der Waals surface area (Å²) < 4.78 is 4.55. The fraction of sp³-hybridized carbons (Fsp3) is 0.500. The van der Waals surface area contributed by atoms with E-state index in [4.69, 9.17) is 5.26 Å². The molecule has 1 N–H and O–H groups in total. The summed E-state index contributed by atoms with van der Waals surface area (Å²) in [4.78, 5) is 11.0. The van der Waals surface area contributed by atoms with Crippen LogP contribution in [0.2, 0.25) is 0 Å². The Morgan fingerprint density at radius 3 is 3.25 bits per heavy atom. The van der Waals surface area contributed by atoms with Crippen molar-refractivity contribution in [2.24, 2.45) is 0 Å². The van der Waals surface area contributed by atoms with Crippen LogP contribution in [0, 0.1) is 11.3 Å². The van der Waals surface area contributed by atoms with Crippen LogP contribution in [0.1, 0.15) is 12.8 Å². The van der Waals surface area contributed by atoms with Crippen LogP contribution in [0.3, 0.4) is 0 Å². The lowest BCUT2D eigenvalue weighted by atomic mass is 10.2. The summed E-state index contributed by atoms with van der Waals surface area (Å²) in [5, 5.41) is 11.2. The predicted octanol–water partition coefficient (Wildman–Crippen LogP) is 0.319. The standard InChI is InChI=1S/C8H10N2O2/c1-12-8(11)7-3-2-6(10-7)4-5-9/h4,7,10H,2-3H2,1H3/b6-4+. The molecule has 0 amide bonds. The van der Waals surface area contributed by atoms with Gasteiger partial charge in [0.25, 0.3) is 0 Å². The van der Waals surface area contributed by atoms with E-state index >= 15 is 0 Å². The van der Waals surface area contributed by atoms with Crippen molar-refractivity contribution in [1.82, 2.24) is 5.32 Å². The van der Waals surface area contributed by atoms with E-state index in [9.17, 15) is 4.79 Å². The maximum Gasteiger partial charge on any atom is 0.328 e. The molecule has 4 nitrogen and oxygen atoms in total. The second-order valence-electron chi connectivity index (χ2n) is 2.56. The summed E-state index contributed by atoms with van der Waals surface area (Å²) in [5.41, 5.74) is 0.813. The zero-order valence-corrected chi connectivity index (χ0v) is 6.83. The van der Waals surface area contributed by atoms with Gasteiger partial charge in [0.05, 0.1) is 13.2 Å². The number of hydrogen-bond acceptors (Lipinski definition) is 4. The molecule has 0 aromatic carbocycles. The Labute approximate surface area is 70.8 Å². The first-order chi connectivity index (χ1) is 5.77. The molecule has 0 aliphatic carbocycles. The van der Waals surface area contributed by atoms with Crippen LogP contribution in [0.15, 0.2) is 11.8 Å². The van der Waals surface area contributed by atoms with Crippen molar-refractivity contribution in [3.63, 3.8) is 0 Å². The summed E-state index contributed by atoms with van der Waals surface area (Å²) in [6.45, 7) is 0. The molecule has 1 rings (SSSR count). The molecule has 1 unspecified atom stereocenters. The van der Waals surface area contributed by atoms with E-state index in [1.807, 2.05) is 6.07 Å². The minimum absolute atomic E-state index is 0.267. The topological polar surface area (TPSA) is 62.1 Å². The summed E-state index contributed by atoms with van der Waals surface area (Å²) in [6.07, 6.45) is 2.87. The van der Waals surface area contributed by atoms with Crippen molar-refractivity contribution in [2.75, 3.05) is 7.11 Å². The minimum Gasteiger partial charge on any atom is -0.467 e. The minimum atomic E-state index is -0.269. The highest BCUT2D eigenvalue weighted by molar-refractivity contribution is 5.76. The molecule has 4 heteroatoms. The van der Waals surface area contributed by atoms with Crippen molar-refractivity contribution in [3.8, 4) is 6.07 Å². The van der Waals surface area contributed by atoms with Gasteiger partial charge in [-0.3, -0.25) is 0 Å². The van der Waals surface area contributed by atoms with Gasteiger partial charge in [-0.1, -0.05) is 0 Å². The molecular formula is C8H10N2O2. The second kappa shape index (κ2) is 3.77. The summed E-state index contributed by atoms with van der Waals surface area (Å²) in [6, 6.07) is 1.64. The number of nitrogens with zero attached hydrogens (tertiary/aromatic N) is 1. The van der Waals surface area contributed by atoms with Gasteiger partial charge in [-0.15, -0.1) is 0 Å². The Morgan fingerprint density at radius 2 is 2.67 bits per heavy atom. The normalized spacial score (nSPS) is 24.7. The molecule has 1 fully saturated rings. The maximum atomic E-state index is 11.0. The molecule has 1 atom stereocenters. The molecule has 1 aliphatic rings. The fourth-order valence-electron chi connectivity index (χ4n) is 1.18. The zero-order valence-electron chi connectivity index (χ0n) is 6.83. The van der Waals surface area contributed by atoms with E-state index in [1.165, 1.54) is 13.2 Å². The maximum absolute atomic E-state index is 11.0. The molecule has 1 aliphatic heterocycles.